The van der Waals surface area contributed by atoms with Gasteiger partial charge in [0.1, 0.15) is 11.0 Å². The van der Waals surface area contributed by atoms with Crippen LogP contribution in [0.5, 0.6) is 11.5 Å². The first-order valence-corrected chi connectivity index (χ1v) is 11.9. The third-order valence-corrected chi connectivity index (χ3v) is 6.50. The Morgan fingerprint density at radius 2 is 1.61 bits per heavy atom. The summed E-state index contributed by atoms with van der Waals surface area (Å²) in [5.74, 6) is 1.51. The number of aryl methyl sites for hydroxylation is 1. The summed E-state index contributed by atoms with van der Waals surface area (Å²) in [4.78, 5) is 26.7. The second-order valence-electron chi connectivity index (χ2n) is 7.77. The molecule has 1 atom stereocenters. The fourth-order valence-corrected chi connectivity index (χ4v) is 4.48. The van der Waals surface area contributed by atoms with Crippen molar-refractivity contribution in [3.05, 3.63) is 95.7 Å². The van der Waals surface area contributed by atoms with E-state index in [1.54, 1.807) is 50.4 Å². The van der Waals surface area contributed by atoms with Crippen LogP contribution in [0.25, 0.3) is 0 Å². The van der Waals surface area contributed by atoms with Gasteiger partial charge < -0.3 is 24.6 Å². The van der Waals surface area contributed by atoms with Gasteiger partial charge in [0.15, 0.2) is 17.3 Å². The van der Waals surface area contributed by atoms with Gasteiger partial charge >= 0.3 is 0 Å². The number of ether oxygens (including phenoxy) is 2. The highest BCUT2D eigenvalue weighted by Gasteiger charge is 2.23. The van der Waals surface area contributed by atoms with Crippen LogP contribution in [-0.4, -0.2) is 31.2 Å². The molecule has 1 aromatic heterocycles. The molecule has 4 rings (SSSR count). The average molecular weight is 504 g/mol. The summed E-state index contributed by atoms with van der Waals surface area (Å²) >= 11 is 1.40. The summed E-state index contributed by atoms with van der Waals surface area (Å²) in [6.45, 7) is 1.76. The Kier molecular flexibility index (Phi) is 7.92. The molecule has 8 nitrogen and oxygen atoms in total. The molecule has 2 N–H and O–H groups in total. The summed E-state index contributed by atoms with van der Waals surface area (Å²) < 4.78 is 15.5. The van der Waals surface area contributed by atoms with Crippen LogP contribution in [0.3, 0.4) is 0 Å². The molecular weight excluding hydrogens is 478 g/mol. The first kappa shape index (κ1) is 24.9. The molecule has 36 heavy (non-hydrogen) atoms. The summed E-state index contributed by atoms with van der Waals surface area (Å²) in [5.41, 5.74) is 1.92. The molecule has 0 fully saturated rings. The van der Waals surface area contributed by atoms with E-state index in [2.05, 4.69) is 15.8 Å². The van der Waals surface area contributed by atoms with Crippen molar-refractivity contribution in [2.75, 3.05) is 24.9 Å². The molecule has 1 heterocycles. The van der Waals surface area contributed by atoms with Crippen LogP contribution in [0.15, 0.2) is 88.3 Å². The number of aromatic nitrogens is 1. The van der Waals surface area contributed by atoms with Gasteiger partial charge in [-0.2, -0.15) is 0 Å². The van der Waals surface area contributed by atoms with Crippen molar-refractivity contribution < 1.29 is 23.6 Å². The van der Waals surface area contributed by atoms with Gasteiger partial charge in [-0.05, 0) is 55.0 Å². The number of rotatable bonds is 9. The van der Waals surface area contributed by atoms with Crippen molar-refractivity contribution in [3.63, 3.8) is 0 Å². The summed E-state index contributed by atoms with van der Waals surface area (Å²) in [6, 6.07) is 23.4. The fourth-order valence-electron chi connectivity index (χ4n) is 3.45. The minimum absolute atomic E-state index is 0.217. The molecule has 2 amide bonds. The number of carbonyl (C=O) groups is 2. The number of methoxy groups -OCH3 is 2. The lowest BCUT2D eigenvalue weighted by Gasteiger charge is -2.16. The van der Waals surface area contributed by atoms with Crippen LogP contribution in [0.2, 0.25) is 0 Å². The number of hydrogen-bond acceptors (Lipinski definition) is 7. The van der Waals surface area contributed by atoms with Crippen LogP contribution in [-0.2, 0) is 4.79 Å². The normalized spacial score (nSPS) is 11.4. The molecule has 0 saturated heterocycles. The van der Waals surface area contributed by atoms with Crippen LogP contribution >= 0.6 is 11.8 Å². The van der Waals surface area contributed by atoms with Crippen LogP contribution in [0.4, 0.5) is 11.5 Å². The van der Waals surface area contributed by atoms with E-state index in [1.165, 1.54) is 18.9 Å². The number of nitrogens with zero attached hydrogens (tertiary/aromatic N) is 1. The van der Waals surface area contributed by atoms with E-state index in [4.69, 9.17) is 14.0 Å². The molecule has 0 bridgehead atoms. The van der Waals surface area contributed by atoms with Gasteiger partial charge in [0, 0.05) is 22.2 Å². The van der Waals surface area contributed by atoms with Crippen LogP contribution in [0.1, 0.15) is 26.9 Å². The van der Waals surface area contributed by atoms with Crippen LogP contribution < -0.4 is 20.1 Å². The highest BCUT2D eigenvalue weighted by atomic mass is 32.2. The third-order valence-electron chi connectivity index (χ3n) is 5.23. The largest absolute Gasteiger partial charge is 0.493 e. The lowest BCUT2D eigenvalue weighted by Crippen LogP contribution is -2.19. The van der Waals surface area contributed by atoms with Crippen molar-refractivity contribution in [2.24, 2.45) is 0 Å². The third kappa shape index (κ3) is 6.05. The number of amides is 2. The Morgan fingerprint density at radius 3 is 2.25 bits per heavy atom. The van der Waals surface area contributed by atoms with Gasteiger partial charge in [0.25, 0.3) is 5.91 Å². The standard InChI is InChI=1S/C27H25N3O5S/c1-17-15-24(30-35-17)29-27(32)25(18-7-5-4-6-8-18)36-21-12-10-20(11-13-21)28-26(31)19-9-14-22(33-2)23(16-19)34-3/h4-16,25H,1-3H3,(H,28,31)(H,29,30,32). The van der Waals surface area contributed by atoms with Gasteiger partial charge in [-0.1, -0.05) is 35.5 Å². The predicted molar refractivity (Wildman–Crippen MR) is 139 cm³/mol. The maximum atomic E-state index is 13.1. The van der Waals surface area contributed by atoms with E-state index < -0.39 is 5.25 Å². The number of hydrogen-bond donors (Lipinski definition) is 2. The average Bonchev–Trinajstić information content (AvgIpc) is 3.32. The van der Waals surface area contributed by atoms with Crippen molar-refractivity contribution in [3.8, 4) is 11.5 Å². The molecule has 0 aliphatic carbocycles. The Balaban J connectivity index is 1.47. The molecule has 9 heteroatoms. The minimum atomic E-state index is -0.518. The Hall–Kier alpha value is -4.24. The van der Waals surface area contributed by atoms with Crippen molar-refractivity contribution in [1.29, 1.82) is 0 Å². The summed E-state index contributed by atoms with van der Waals surface area (Å²) in [5, 5.41) is 9.02. The van der Waals surface area contributed by atoms with Crippen molar-refractivity contribution >= 4 is 35.1 Å². The van der Waals surface area contributed by atoms with Gasteiger partial charge in [-0.25, -0.2) is 0 Å². The molecule has 0 saturated carbocycles. The Bertz CT molecular complexity index is 1340. The molecule has 3 aromatic carbocycles. The number of thioether (sulfide) groups is 1. The predicted octanol–water partition coefficient (Wildman–Crippen LogP) is 5.72. The van der Waals surface area contributed by atoms with E-state index in [-0.39, 0.29) is 11.8 Å². The zero-order valence-electron chi connectivity index (χ0n) is 20.0. The number of carbonyl (C=O) groups excluding carboxylic acids is 2. The molecule has 0 aliphatic rings. The molecule has 0 radical (unpaired) electrons. The van der Waals surface area contributed by atoms with E-state index >= 15 is 0 Å². The van der Waals surface area contributed by atoms with Gasteiger partial charge in [0.05, 0.1) is 14.2 Å². The van der Waals surface area contributed by atoms with E-state index in [0.29, 0.717) is 34.3 Å². The quantitative estimate of drug-likeness (QED) is 0.281. The summed E-state index contributed by atoms with van der Waals surface area (Å²) in [7, 11) is 3.06. The molecular formula is C27H25N3O5S. The van der Waals surface area contributed by atoms with E-state index in [9.17, 15) is 9.59 Å². The zero-order chi connectivity index (χ0) is 25.5. The minimum Gasteiger partial charge on any atom is -0.493 e. The van der Waals surface area contributed by atoms with Crippen molar-refractivity contribution in [2.45, 2.75) is 17.1 Å². The lowest BCUT2D eigenvalue weighted by molar-refractivity contribution is -0.115. The molecule has 0 aliphatic heterocycles. The number of nitrogens with one attached hydrogen (secondary N) is 2. The zero-order valence-corrected chi connectivity index (χ0v) is 20.8. The van der Waals surface area contributed by atoms with Gasteiger partial charge in [0.2, 0.25) is 5.91 Å². The van der Waals surface area contributed by atoms with E-state index in [1.807, 2.05) is 42.5 Å². The maximum Gasteiger partial charge on any atom is 0.255 e. The monoisotopic (exact) mass is 503 g/mol. The first-order chi connectivity index (χ1) is 17.5. The number of benzene rings is 3. The Labute approximate surface area is 213 Å². The maximum absolute atomic E-state index is 13.1. The highest BCUT2D eigenvalue weighted by Crippen LogP contribution is 2.37. The molecule has 184 valence electrons. The second kappa shape index (κ2) is 11.5. The number of anilines is 2. The smallest absolute Gasteiger partial charge is 0.255 e. The van der Waals surface area contributed by atoms with Gasteiger partial charge in [-0.3, -0.25) is 9.59 Å². The SMILES string of the molecule is COc1ccc(C(=O)Nc2ccc(SC(C(=O)Nc3cc(C)on3)c3ccccc3)cc2)cc1OC. The second-order valence-corrected chi connectivity index (χ2v) is 8.95. The van der Waals surface area contributed by atoms with E-state index in [0.717, 1.165) is 10.5 Å². The lowest BCUT2D eigenvalue weighted by atomic mass is 10.1. The van der Waals surface area contributed by atoms with Crippen LogP contribution in [0, 0.1) is 6.92 Å². The van der Waals surface area contributed by atoms with Gasteiger partial charge in [-0.15, -0.1) is 11.8 Å². The molecule has 0 spiro atoms. The topological polar surface area (TPSA) is 103 Å². The highest BCUT2D eigenvalue weighted by molar-refractivity contribution is 8.00. The first-order valence-electron chi connectivity index (χ1n) is 11.1. The summed E-state index contributed by atoms with van der Waals surface area (Å²) in [6.07, 6.45) is 0. The molecule has 4 aromatic rings. The fraction of sp³-hybridized carbons (Fsp3) is 0.148. The van der Waals surface area contributed by atoms with Crippen molar-refractivity contribution in [1.82, 2.24) is 5.16 Å². The Morgan fingerprint density at radius 1 is 0.889 bits per heavy atom. The molecule has 1 unspecified atom stereocenters.